The molecule has 0 heterocycles. The largest absolute Gasteiger partial charge is 0.382 e. The molecule has 4 heteroatoms. The number of benzene rings is 1. The van der Waals surface area contributed by atoms with Gasteiger partial charge in [0, 0.05) is 25.7 Å². The number of hydrogen-bond donors (Lipinski definition) is 0. The van der Waals surface area contributed by atoms with Gasteiger partial charge < -0.3 is 14.2 Å². The van der Waals surface area contributed by atoms with Crippen molar-refractivity contribution in [3.8, 4) is 0 Å². The molecule has 0 aliphatic rings. The third-order valence-corrected chi connectivity index (χ3v) is 2.59. The van der Waals surface area contributed by atoms with E-state index in [2.05, 4.69) is 0 Å². The quantitative estimate of drug-likeness (QED) is 0.455. The predicted molar refractivity (Wildman–Crippen MR) is 73.5 cm³/mol. The van der Waals surface area contributed by atoms with E-state index >= 15 is 0 Å². The average molecular weight is 266 g/mol. The molecule has 0 N–H and O–H groups in total. The number of rotatable bonds is 11. The minimum atomic E-state index is 0.167. The second kappa shape index (κ2) is 10.7. The zero-order valence-corrected chi connectivity index (χ0v) is 11.5. The fraction of sp³-hybridized carbons (Fsp3) is 0.533. The van der Waals surface area contributed by atoms with Crippen LogP contribution < -0.4 is 0 Å². The van der Waals surface area contributed by atoms with Crippen molar-refractivity contribution in [2.24, 2.45) is 0 Å². The van der Waals surface area contributed by atoms with Gasteiger partial charge in [-0.05, 0) is 6.42 Å². The third kappa shape index (κ3) is 7.72. The van der Waals surface area contributed by atoms with Gasteiger partial charge in [-0.1, -0.05) is 30.3 Å². The molecule has 0 bridgehead atoms. The highest BCUT2D eigenvalue weighted by Crippen LogP contribution is 2.04. The van der Waals surface area contributed by atoms with Crippen molar-refractivity contribution in [1.29, 1.82) is 0 Å². The van der Waals surface area contributed by atoms with E-state index in [4.69, 9.17) is 14.2 Å². The highest BCUT2D eigenvalue weighted by Gasteiger charge is 2.03. The Kier molecular flexibility index (Phi) is 8.89. The average Bonchev–Trinajstić information content (AvgIpc) is 2.46. The van der Waals surface area contributed by atoms with Crippen molar-refractivity contribution < 1.29 is 19.0 Å². The Bertz CT molecular complexity index is 337. The Morgan fingerprint density at radius 3 is 2.26 bits per heavy atom. The first kappa shape index (κ1) is 15.8. The first-order valence-electron chi connectivity index (χ1n) is 6.57. The lowest BCUT2D eigenvalue weighted by atomic mass is 10.1. The number of ether oxygens (including phenoxy) is 3. The molecule has 0 amide bonds. The minimum Gasteiger partial charge on any atom is -0.382 e. The second-order valence-corrected chi connectivity index (χ2v) is 4.11. The van der Waals surface area contributed by atoms with E-state index in [1.807, 2.05) is 30.3 Å². The maximum absolute atomic E-state index is 11.8. The first-order valence-corrected chi connectivity index (χ1v) is 6.57. The van der Waals surface area contributed by atoms with Crippen molar-refractivity contribution in [2.75, 3.05) is 40.1 Å². The summed E-state index contributed by atoms with van der Waals surface area (Å²) in [6.45, 7) is 2.91. The van der Waals surface area contributed by atoms with Crippen LogP contribution >= 0.6 is 0 Å². The normalized spacial score (nSPS) is 10.6. The summed E-state index contributed by atoms with van der Waals surface area (Å²) in [4.78, 5) is 11.8. The van der Waals surface area contributed by atoms with Gasteiger partial charge in [0.25, 0.3) is 0 Å². The zero-order chi connectivity index (χ0) is 13.8. The summed E-state index contributed by atoms with van der Waals surface area (Å²) < 4.78 is 15.5. The molecule has 0 aliphatic carbocycles. The highest BCUT2D eigenvalue weighted by atomic mass is 16.5. The molecule has 1 aromatic rings. The van der Waals surface area contributed by atoms with Crippen LogP contribution in [0.2, 0.25) is 0 Å². The van der Waals surface area contributed by atoms with Crippen molar-refractivity contribution in [2.45, 2.75) is 12.8 Å². The molecule has 0 saturated carbocycles. The van der Waals surface area contributed by atoms with Crippen LogP contribution in [0.3, 0.4) is 0 Å². The van der Waals surface area contributed by atoms with Crippen LogP contribution in [-0.2, 0) is 14.2 Å². The molecule has 0 saturated heterocycles. The highest BCUT2D eigenvalue weighted by molar-refractivity contribution is 5.95. The van der Waals surface area contributed by atoms with E-state index in [1.54, 1.807) is 7.11 Å². The third-order valence-electron chi connectivity index (χ3n) is 2.59. The van der Waals surface area contributed by atoms with E-state index in [0.29, 0.717) is 39.5 Å². The molecule has 1 rings (SSSR count). The van der Waals surface area contributed by atoms with Gasteiger partial charge in [-0.2, -0.15) is 0 Å². The van der Waals surface area contributed by atoms with Crippen LogP contribution in [0, 0.1) is 0 Å². The number of hydrogen-bond acceptors (Lipinski definition) is 4. The van der Waals surface area contributed by atoms with Crippen LogP contribution in [-0.4, -0.2) is 45.9 Å². The fourth-order valence-electron chi connectivity index (χ4n) is 1.57. The van der Waals surface area contributed by atoms with Crippen LogP contribution in [0.15, 0.2) is 30.3 Å². The van der Waals surface area contributed by atoms with E-state index < -0.39 is 0 Å². The molecule has 0 atom stereocenters. The number of ketones is 1. The van der Waals surface area contributed by atoms with Crippen LogP contribution in [0.4, 0.5) is 0 Å². The Hall–Kier alpha value is -1.23. The lowest BCUT2D eigenvalue weighted by Gasteiger charge is -2.05. The summed E-state index contributed by atoms with van der Waals surface area (Å²) in [5.41, 5.74) is 0.769. The maximum atomic E-state index is 11.8. The summed E-state index contributed by atoms with van der Waals surface area (Å²) in [5.74, 6) is 0.167. The molecule has 0 aliphatic heterocycles. The van der Waals surface area contributed by atoms with Crippen molar-refractivity contribution in [3.05, 3.63) is 35.9 Å². The van der Waals surface area contributed by atoms with E-state index in [0.717, 1.165) is 12.0 Å². The molecule has 19 heavy (non-hydrogen) atoms. The molecule has 0 radical (unpaired) electrons. The number of methoxy groups -OCH3 is 1. The van der Waals surface area contributed by atoms with Crippen molar-refractivity contribution in [1.82, 2.24) is 0 Å². The molecule has 0 aromatic heterocycles. The Labute approximate surface area is 114 Å². The molecule has 0 fully saturated rings. The summed E-state index contributed by atoms with van der Waals surface area (Å²) in [6, 6.07) is 9.34. The van der Waals surface area contributed by atoms with Crippen LogP contribution in [0.5, 0.6) is 0 Å². The lowest BCUT2D eigenvalue weighted by molar-refractivity contribution is 0.0240. The minimum absolute atomic E-state index is 0.167. The van der Waals surface area contributed by atoms with Gasteiger partial charge >= 0.3 is 0 Å². The van der Waals surface area contributed by atoms with E-state index in [1.165, 1.54) is 0 Å². The van der Waals surface area contributed by atoms with Gasteiger partial charge in [-0.15, -0.1) is 0 Å². The Morgan fingerprint density at radius 1 is 0.947 bits per heavy atom. The topological polar surface area (TPSA) is 44.8 Å². The molecule has 4 nitrogen and oxygen atoms in total. The summed E-state index contributed by atoms with van der Waals surface area (Å²) in [7, 11) is 1.64. The smallest absolute Gasteiger partial charge is 0.162 e. The standard InChI is InChI=1S/C15H22O4/c1-17-10-11-19-13-12-18-9-5-8-15(16)14-6-3-2-4-7-14/h2-4,6-7H,5,8-13H2,1H3. The number of Topliss-reactive ketones (excluding diaryl/α,β-unsaturated/α-hetero) is 1. The molecule has 106 valence electrons. The van der Waals surface area contributed by atoms with Gasteiger partial charge in [0.1, 0.15) is 0 Å². The number of carbonyl (C=O) groups is 1. The van der Waals surface area contributed by atoms with Crippen molar-refractivity contribution >= 4 is 5.78 Å². The van der Waals surface area contributed by atoms with Crippen LogP contribution in [0.25, 0.3) is 0 Å². The fourth-order valence-corrected chi connectivity index (χ4v) is 1.57. The molecular formula is C15H22O4. The van der Waals surface area contributed by atoms with Gasteiger partial charge in [-0.25, -0.2) is 0 Å². The molecule has 0 spiro atoms. The summed E-state index contributed by atoms with van der Waals surface area (Å²) in [5, 5.41) is 0. The Morgan fingerprint density at radius 2 is 1.58 bits per heavy atom. The first-order chi connectivity index (χ1) is 9.34. The molecule has 1 aromatic carbocycles. The summed E-state index contributed by atoms with van der Waals surface area (Å²) in [6.07, 6.45) is 1.26. The van der Waals surface area contributed by atoms with E-state index in [-0.39, 0.29) is 5.78 Å². The zero-order valence-electron chi connectivity index (χ0n) is 11.5. The molecule has 0 unspecified atom stereocenters. The van der Waals surface area contributed by atoms with E-state index in [9.17, 15) is 4.79 Å². The van der Waals surface area contributed by atoms with Gasteiger partial charge in [0.2, 0.25) is 0 Å². The second-order valence-electron chi connectivity index (χ2n) is 4.11. The van der Waals surface area contributed by atoms with Gasteiger partial charge in [0.15, 0.2) is 5.78 Å². The Balaban J connectivity index is 1.95. The SMILES string of the molecule is COCCOCCOCCCC(=O)c1ccccc1. The summed E-state index contributed by atoms with van der Waals surface area (Å²) >= 11 is 0. The van der Waals surface area contributed by atoms with Crippen LogP contribution in [0.1, 0.15) is 23.2 Å². The maximum Gasteiger partial charge on any atom is 0.162 e. The lowest BCUT2D eigenvalue weighted by Crippen LogP contribution is -2.09. The van der Waals surface area contributed by atoms with Crippen molar-refractivity contribution in [3.63, 3.8) is 0 Å². The van der Waals surface area contributed by atoms with Gasteiger partial charge in [0.05, 0.1) is 26.4 Å². The number of carbonyl (C=O) groups excluding carboxylic acids is 1. The monoisotopic (exact) mass is 266 g/mol. The van der Waals surface area contributed by atoms with Gasteiger partial charge in [-0.3, -0.25) is 4.79 Å². The predicted octanol–water partition coefficient (Wildman–Crippen LogP) is 2.33. The molecular weight excluding hydrogens is 244 g/mol.